The summed E-state index contributed by atoms with van der Waals surface area (Å²) in [6.45, 7) is 0. The van der Waals surface area contributed by atoms with E-state index in [4.69, 9.17) is 9.47 Å². The molecule has 1 aromatic rings. The summed E-state index contributed by atoms with van der Waals surface area (Å²) in [6, 6.07) is 5.00. The Hall–Kier alpha value is -1.76. The summed E-state index contributed by atoms with van der Waals surface area (Å²) in [5.41, 5.74) is 0.519. The van der Waals surface area contributed by atoms with Gasteiger partial charge < -0.3 is 9.47 Å². The number of hydrogen-bond donors (Lipinski definition) is 1. The smallest absolute Gasteiger partial charge is 0.316 e. The Morgan fingerprint density at radius 2 is 1.95 bits per heavy atom. The molecular weight excluding hydrogens is 282 g/mol. The molecule has 0 unspecified atom stereocenters. The third-order valence-corrected chi connectivity index (χ3v) is 3.97. The topological polar surface area (TPSA) is 81.7 Å². The van der Waals surface area contributed by atoms with Crippen molar-refractivity contribution in [3.8, 4) is 5.75 Å². The van der Waals surface area contributed by atoms with E-state index < -0.39 is 15.4 Å². The predicted octanol–water partition coefficient (Wildman–Crippen LogP) is 1.27. The molecule has 0 heterocycles. The molecular formula is C13H17NO5S. The van der Waals surface area contributed by atoms with Crippen molar-refractivity contribution in [1.29, 1.82) is 0 Å². The molecule has 0 saturated heterocycles. The van der Waals surface area contributed by atoms with Crippen molar-refractivity contribution >= 4 is 21.7 Å². The zero-order valence-electron chi connectivity index (χ0n) is 11.6. The Morgan fingerprint density at radius 3 is 2.40 bits per heavy atom. The molecule has 0 radical (unpaired) electrons. The molecule has 0 spiro atoms. The van der Waals surface area contributed by atoms with Crippen molar-refractivity contribution in [2.45, 2.75) is 18.3 Å². The van der Waals surface area contributed by atoms with Gasteiger partial charge in [-0.15, -0.1) is 0 Å². The second-order valence-electron chi connectivity index (χ2n) is 4.86. The van der Waals surface area contributed by atoms with Crippen LogP contribution in [-0.2, 0) is 25.0 Å². The van der Waals surface area contributed by atoms with Crippen molar-refractivity contribution in [3.63, 3.8) is 0 Å². The van der Waals surface area contributed by atoms with E-state index in [1.54, 1.807) is 18.2 Å². The van der Waals surface area contributed by atoms with Gasteiger partial charge in [0, 0.05) is 0 Å². The molecule has 110 valence electrons. The lowest BCUT2D eigenvalue weighted by Gasteiger charge is -2.16. The molecule has 0 amide bonds. The van der Waals surface area contributed by atoms with E-state index in [2.05, 4.69) is 4.72 Å². The molecule has 7 heteroatoms. The first-order valence-electron chi connectivity index (χ1n) is 6.07. The van der Waals surface area contributed by atoms with E-state index >= 15 is 0 Å². The van der Waals surface area contributed by atoms with Crippen LogP contribution in [0, 0.1) is 0 Å². The molecule has 1 fully saturated rings. The summed E-state index contributed by atoms with van der Waals surface area (Å²) in [4.78, 5) is 11.8. The summed E-state index contributed by atoms with van der Waals surface area (Å²) in [7, 11) is -0.576. The zero-order valence-corrected chi connectivity index (χ0v) is 12.4. The van der Waals surface area contributed by atoms with Gasteiger partial charge in [-0.2, -0.15) is 0 Å². The fourth-order valence-electron chi connectivity index (χ4n) is 2.20. The molecule has 1 aromatic carbocycles. The first kappa shape index (κ1) is 14.6. The number of anilines is 1. The molecule has 1 saturated carbocycles. The molecule has 2 rings (SSSR count). The first-order valence-corrected chi connectivity index (χ1v) is 7.96. The number of sulfonamides is 1. The zero-order chi connectivity index (χ0) is 15.0. The maximum atomic E-state index is 11.8. The molecule has 1 aliphatic rings. The molecule has 0 bridgehead atoms. The minimum Gasteiger partial charge on any atom is -0.495 e. The summed E-state index contributed by atoms with van der Waals surface area (Å²) in [5.74, 6) is 0.103. The first-order chi connectivity index (χ1) is 9.32. The van der Waals surface area contributed by atoms with Crippen LogP contribution in [0.5, 0.6) is 5.75 Å². The molecule has 0 atom stereocenters. The maximum Gasteiger partial charge on any atom is 0.316 e. The largest absolute Gasteiger partial charge is 0.495 e. The van der Waals surface area contributed by atoms with Gasteiger partial charge in [0.1, 0.15) is 5.75 Å². The average Bonchev–Trinajstić information content (AvgIpc) is 3.18. The number of carbonyl (C=O) groups is 1. The Bertz CT molecular complexity index is 634. The summed E-state index contributed by atoms with van der Waals surface area (Å²) < 4.78 is 34.9. The van der Waals surface area contributed by atoms with Crippen molar-refractivity contribution in [3.05, 3.63) is 23.8 Å². The highest BCUT2D eigenvalue weighted by molar-refractivity contribution is 7.92. The fraction of sp³-hybridized carbons (Fsp3) is 0.462. The molecule has 6 nitrogen and oxygen atoms in total. The van der Waals surface area contributed by atoms with Crippen LogP contribution in [-0.4, -0.2) is 34.9 Å². The lowest BCUT2D eigenvalue weighted by atomic mass is 9.95. The van der Waals surface area contributed by atoms with Gasteiger partial charge in [-0.3, -0.25) is 9.52 Å². The minimum atomic E-state index is -3.39. The summed E-state index contributed by atoms with van der Waals surface area (Å²) in [6.07, 6.45) is 2.51. The number of carbonyl (C=O) groups excluding carboxylic acids is 1. The van der Waals surface area contributed by atoms with E-state index in [0.29, 0.717) is 11.4 Å². The van der Waals surface area contributed by atoms with Crippen molar-refractivity contribution in [2.24, 2.45) is 0 Å². The van der Waals surface area contributed by atoms with Crippen LogP contribution in [0.15, 0.2) is 18.2 Å². The molecule has 0 aliphatic heterocycles. The van der Waals surface area contributed by atoms with Gasteiger partial charge >= 0.3 is 5.97 Å². The number of esters is 1. The minimum absolute atomic E-state index is 0.275. The standard InChI is InChI=1S/C13H17NO5S/c1-18-11-8-9(13(6-7-13)12(15)19-2)4-5-10(11)14-20(3,16)17/h4-5,8,14H,6-7H2,1-3H3. The van der Waals surface area contributed by atoms with Crippen LogP contribution in [0.1, 0.15) is 18.4 Å². The van der Waals surface area contributed by atoms with E-state index in [-0.39, 0.29) is 5.97 Å². The number of nitrogens with one attached hydrogen (secondary N) is 1. The average molecular weight is 299 g/mol. The number of benzene rings is 1. The van der Waals surface area contributed by atoms with E-state index in [0.717, 1.165) is 24.7 Å². The SMILES string of the molecule is COC(=O)C1(c2ccc(NS(C)(=O)=O)c(OC)c2)CC1. The molecule has 1 N–H and O–H groups in total. The van der Waals surface area contributed by atoms with Crippen molar-refractivity contribution in [1.82, 2.24) is 0 Å². The van der Waals surface area contributed by atoms with E-state index in [9.17, 15) is 13.2 Å². The normalized spacial score (nSPS) is 16.4. The van der Waals surface area contributed by atoms with Gasteiger partial charge in [0.05, 0.1) is 31.6 Å². The second-order valence-corrected chi connectivity index (χ2v) is 6.61. The quantitative estimate of drug-likeness (QED) is 0.828. The second kappa shape index (κ2) is 4.97. The van der Waals surface area contributed by atoms with Gasteiger partial charge in [0.25, 0.3) is 0 Å². The molecule has 20 heavy (non-hydrogen) atoms. The highest BCUT2D eigenvalue weighted by Gasteiger charge is 2.52. The monoisotopic (exact) mass is 299 g/mol. The van der Waals surface area contributed by atoms with Gasteiger partial charge in [-0.05, 0) is 30.5 Å². The molecule has 1 aliphatic carbocycles. The number of methoxy groups -OCH3 is 2. The van der Waals surface area contributed by atoms with Gasteiger partial charge in [0.15, 0.2) is 0 Å². The lowest BCUT2D eigenvalue weighted by molar-refractivity contribution is -0.143. The Labute approximate surface area is 118 Å². The van der Waals surface area contributed by atoms with Crippen LogP contribution in [0.25, 0.3) is 0 Å². The van der Waals surface area contributed by atoms with E-state index in [1.807, 2.05) is 0 Å². The van der Waals surface area contributed by atoms with Crippen LogP contribution < -0.4 is 9.46 Å². The highest BCUT2D eigenvalue weighted by atomic mass is 32.2. The summed E-state index contributed by atoms with van der Waals surface area (Å²) in [5, 5.41) is 0. The Morgan fingerprint density at radius 1 is 1.30 bits per heavy atom. The van der Waals surface area contributed by atoms with Crippen molar-refractivity contribution < 1.29 is 22.7 Å². The fourth-order valence-corrected chi connectivity index (χ4v) is 2.77. The van der Waals surface area contributed by atoms with Crippen LogP contribution in [0.2, 0.25) is 0 Å². The molecule has 0 aromatic heterocycles. The number of hydrogen-bond acceptors (Lipinski definition) is 5. The number of ether oxygens (including phenoxy) is 2. The Balaban J connectivity index is 2.38. The van der Waals surface area contributed by atoms with Crippen LogP contribution in [0.4, 0.5) is 5.69 Å². The van der Waals surface area contributed by atoms with Gasteiger partial charge in [-0.1, -0.05) is 6.07 Å². The van der Waals surface area contributed by atoms with Gasteiger partial charge in [0.2, 0.25) is 10.0 Å². The summed E-state index contributed by atoms with van der Waals surface area (Å²) >= 11 is 0. The highest BCUT2D eigenvalue weighted by Crippen LogP contribution is 2.50. The maximum absolute atomic E-state index is 11.8. The van der Waals surface area contributed by atoms with E-state index in [1.165, 1.54) is 14.2 Å². The van der Waals surface area contributed by atoms with Crippen LogP contribution in [0.3, 0.4) is 0 Å². The van der Waals surface area contributed by atoms with Gasteiger partial charge in [-0.25, -0.2) is 8.42 Å². The van der Waals surface area contributed by atoms with Crippen LogP contribution >= 0.6 is 0 Å². The Kier molecular flexibility index (Phi) is 3.64. The number of rotatable bonds is 5. The predicted molar refractivity (Wildman–Crippen MR) is 74.4 cm³/mol. The lowest BCUT2D eigenvalue weighted by Crippen LogP contribution is -2.22. The third-order valence-electron chi connectivity index (χ3n) is 3.38. The third kappa shape index (κ3) is 2.72. The van der Waals surface area contributed by atoms with Crippen molar-refractivity contribution in [2.75, 3.05) is 25.2 Å².